The van der Waals surface area contributed by atoms with Gasteiger partial charge in [-0.2, -0.15) is 0 Å². The molecule has 0 fully saturated rings. The lowest BCUT2D eigenvalue weighted by Gasteiger charge is -2.07. The molecule has 0 aliphatic heterocycles. The molecule has 0 bridgehead atoms. The molecule has 1 amide bonds. The number of nitrogens with one attached hydrogen (secondary N) is 1. The van der Waals surface area contributed by atoms with Crippen molar-refractivity contribution >= 4 is 28.9 Å². The average molecular weight is 309 g/mol. The van der Waals surface area contributed by atoms with Crippen LogP contribution in [0.3, 0.4) is 0 Å². The minimum atomic E-state index is -0.762. The predicted molar refractivity (Wildman–Crippen MR) is 77.2 cm³/mol. The van der Waals surface area contributed by atoms with E-state index in [1.807, 2.05) is 0 Å². The number of halogens is 2. The van der Waals surface area contributed by atoms with Gasteiger partial charge in [0, 0.05) is 11.1 Å². The summed E-state index contributed by atoms with van der Waals surface area (Å²) in [5.41, 5.74) is 0.116. The molecule has 2 aromatic rings. The monoisotopic (exact) mass is 308 g/mol. The first kappa shape index (κ1) is 14.9. The summed E-state index contributed by atoms with van der Waals surface area (Å²) in [5, 5.41) is 13.4. The number of nitro groups is 1. The Morgan fingerprint density at radius 2 is 2.00 bits per heavy atom. The summed E-state index contributed by atoms with van der Waals surface area (Å²) >= 11 is 5.68. The normalized spacial score (nSPS) is 10.2. The maximum absolute atomic E-state index is 13.6. The lowest BCUT2D eigenvalue weighted by atomic mass is 10.1. The molecule has 5 nitrogen and oxygen atoms in total. The van der Waals surface area contributed by atoms with Crippen molar-refractivity contribution in [3.63, 3.8) is 0 Å². The quantitative estimate of drug-likeness (QED) is 0.689. The number of nitrogens with zero attached hydrogens (tertiary/aromatic N) is 1. The largest absolute Gasteiger partial charge is 0.316 e. The first-order valence-electron chi connectivity index (χ1n) is 5.90. The highest BCUT2D eigenvalue weighted by atomic mass is 35.5. The second-order valence-electron chi connectivity index (χ2n) is 4.36. The highest BCUT2D eigenvalue weighted by Crippen LogP contribution is 2.28. The van der Waals surface area contributed by atoms with Crippen molar-refractivity contribution in [3.05, 3.63) is 68.5 Å². The van der Waals surface area contributed by atoms with Crippen molar-refractivity contribution < 1.29 is 14.1 Å². The van der Waals surface area contributed by atoms with Crippen LogP contribution in [0.2, 0.25) is 5.02 Å². The Morgan fingerprint density at radius 3 is 2.67 bits per heavy atom. The van der Waals surface area contributed by atoms with E-state index in [0.717, 1.165) is 6.07 Å². The summed E-state index contributed by atoms with van der Waals surface area (Å²) in [6, 6.07) is 7.87. The van der Waals surface area contributed by atoms with Crippen molar-refractivity contribution in [2.75, 3.05) is 5.32 Å². The van der Waals surface area contributed by atoms with Crippen LogP contribution in [0, 0.1) is 22.9 Å². The van der Waals surface area contributed by atoms with Gasteiger partial charge in [-0.25, -0.2) is 4.39 Å². The number of anilines is 1. The Balaban J connectivity index is 2.36. The highest BCUT2D eigenvalue weighted by molar-refractivity contribution is 6.31. The number of nitro benzene ring substituents is 1. The number of amides is 1. The third-order valence-corrected chi connectivity index (χ3v) is 3.01. The van der Waals surface area contributed by atoms with Crippen molar-refractivity contribution in [1.82, 2.24) is 0 Å². The van der Waals surface area contributed by atoms with Crippen molar-refractivity contribution in [1.29, 1.82) is 0 Å². The number of carbonyl (C=O) groups excluding carboxylic acids is 1. The molecule has 0 radical (unpaired) electrons. The van der Waals surface area contributed by atoms with Crippen LogP contribution in [-0.2, 0) is 0 Å². The van der Waals surface area contributed by atoms with Gasteiger partial charge < -0.3 is 5.32 Å². The average Bonchev–Trinajstić information content (AvgIpc) is 2.43. The Bertz CT molecular complexity index is 734. The number of benzene rings is 2. The molecular formula is C14H10ClFN2O3. The zero-order valence-corrected chi connectivity index (χ0v) is 11.6. The molecule has 0 spiro atoms. The van der Waals surface area contributed by atoms with Gasteiger partial charge in [-0.3, -0.25) is 14.9 Å². The van der Waals surface area contributed by atoms with Gasteiger partial charge in [-0.05, 0) is 31.2 Å². The van der Waals surface area contributed by atoms with E-state index in [2.05, 4.69) is 5.32 Å². The zero-order chi connectivity index (χ0) is 15.6. The molecule has 2 rings (SSSR count). The summed E-state index contributed by atoms with van der Waals surface area (Å²) in [4.78, 5) is 22.3. The Labute approximate surface area is 124 Å². The molecule has 2 aromatic carbocycles. The van der Waals surface area contributed by atoms with Crippen molar-refractivity contribution in [2.45, 2.75) is 6.92 Å². The summed E-state index contributed by atoms with van der Waals surface area (Å²) < 4.78 is 13.6. The maximum Gasteiger partial charge on any atom is 0.294 e. The SMILES string of the molecule is Cc1ccc(F)c(C(=O)Nc2ccc(Cl)cc2[N+](=O)[O-])c1. The smallest absolute Gasteiger partial charge is 0.294 e. The van der Waals surface area contributed by atoms with Gasteiger partial charge in [0.25, 0.3) is 11.6 Å². The summed E-state index contributed by atoms with van der Waals surface area (Å²) in [5.74, 6) is -1.46. The van der Waals surface area contributed by atoms with Crippen LogP contribution in [0.1, 0.15) is 15.9 Å². The molecule has 7 heteroatoms. The highest BCUT2D eigenvalue weighted by Gasteiger charge is 2.19. The van der Waals surface area contributed by atoms with Crippen molar-refractivity contribution in [2.24, 2.45) is 0 Å². The van der Waals surface area contributed by atoms with Gasteiger partial charge in [-0.15, -0.1) is 0 Å². The van der Waals surface area contributed by atoms with Gasteiger partial charge in [0.05, 0.1) is 10.5 Å². The third kappa shape index (κ3) is 3.35. The van der Waals surface area contributed by atoms with E-state index in [1.165, 1.54) is 30.3 Å². The fraction of sp³-hybridized carbons (Fsp3) is 0.0714. The van der Waals surface area contributed by atoms with Gasteiger partial charge in [0.15, 0.2) is 0 Å². The second-order valence-corrected chi connectivity index (χ2v) is 4.79. The number of rotatable bonds is 3. The van der Waals surface area contributed by atoms with Crippen LogP contribution in [0.4, 0.5) is 15.8 Å². The standard InChI is InChI=1S/C14H10ClFN2O3/c1-8-2-4-11(16)10(6-8)14(19)17-12-5-3-9(15)7-13(12)18(20)21/h2-7H,1H3,(H,17,19). The van der Waals surface area contributed by atoms with Crippen molar-refractivity contribution in [3.8, 4) is 0 Å². The Hall–Kier alpha value is -2.47. The zero-order valence-electron chi connectivity index (χ0n) is 10.9. The van der Waals surface area contributed by atoms with Crippen LogP contribution < -0.4 is 5.32 Å². The summed E-state index contributed by atoms with van der Waals surface area (Å²) in [7, 11) is 0. The van der Waals surface area contributed by atoms with Crippen LogP contribution in [0.25, 0.3) is 0 Å². The molecule has 0 unspecified atom stereocenters. The molecule has 0 aliphatic rings. The fourth-order valence-corrected chi connectivity index (χ4v) is 1.93. The van der Waals surface area contributed by atoms with E-state index in [4.69, 9.17) is 11.6 Å². The van der Waals surface area contributed by atoms with E-state index < -0.39 is 16.6 Å². The van der Waals surface area contributed by atoms with Gasteiger partial charge in [0.2, 0.25) is 0 Å². The first-order valence-corrected chi connectivity index (χ1v) is 6.27. The minimum absolute atomic E-state index is 0.0460. The molecule has 0 heterocycles. The lowest BCUT2D eigenvalue weighted by Crippen LogP contribution is -2.15. The molecule has 0 aliphatic carbocycles. The molecule has 0 saturated carbocycles. The predicted octanol–water partition coefficient (Wildman–Crippen LogP) is 3.95. The lowest BCUT2D eigenvalue weighted by molar-refractivity contribution is -0.383. The molecule has 0 atom stereocenters. The first-order chi connectivity index (χ1) is 9.88. The number of aryl methyl sites for hydroxylation is 1. The van der Waals surface area contributed by atoms with Crippen LogP contribution in [0.5, 0.6) is 0 Å². The molecule has 21 heavy (non-hydrogen) atoms. The fourth-order valence-electron chi connectivity index (χ4n) is 1.76. The minimum Gasteiger partial charge on any atom is -0.316 e. The van der Waals surface area contributed by atoms with Gasteiger partial charge in [0.1, 0.15) is 11.5 Å². The second kappa shape index (κ2) is 5.88. The molecule has 108 valence electrons. The maximum atomic E-state index is 13.6. The topological polar surface area (TPSA) is 72.2 Å². The Kier molecular flexibility index (Phi) is 4.18. The molecule has 1 N–H and O–H groups in total. The Morgan fingerprint density at radius 1 is 1.29 bits per heavy atom. The van der Waals surface area contributed by atoms with E-state index >= 15 is 0 Å². The van der Waals surface area contributed by atoms with Crippen LogP contribution in [-0.4, -0.2) is 10.8 Å². The van der Waals surface area contributed by atoms with Crippen LogP contribution >= 0.6 is 11.6 Å². The van der Waals surface area contributed by atoms with E-state index in [-0.39, 0.29) is 22.0 Å². The van der Waals surface area contributed by atoms with Gasteiger partial charge >= 0.3 is 0 Å². The van der Waals surface area contributed by atoms with E-state index in [1.54, 1.807) is 6.92 Å². The summed E-state index contributed by atoms with van der Waals surface area (Å²) in [6.45, 7) is 1.71. The molecular weight excluding hydrogens is 299 g/mol. The van der Waals surface area contributed by atoms with Crippen LogP contribution in [0.15, 0.2) is 36.4 Å². The van der Waals surface area contributed by atoms with E-state index in [0.29, 0.717) is 5.56 Å². The molecule has 0 aromatic heterocycles. The number of hydrogen-bond donors (Lipinski definition) is 1. The number of hydrogen-bond acceptors (Lipinski definition) is 3. The van der Waals surface area contributed by atoms with E-state index in [9.17, 15) is 19.3 Å². The molecule has 0 saturated heterocycles. The third-order valence-electron chi connectivity index (χ3n) is 2.77. The number of carbonyl (C=O) groups is 1. The van der Waals surface area contributed by atoms with Gasteiger partial charge in [-0.1, -0.05) is 23.2 Å². The summed E-state index contributed by atoms with van der Waals surface area (Å²) in [6.07, 6.45) is 0.